The topological polar surface area (TPSA) is 89.8 Å². The summed E-state index contributed by atoms with van der Waals surface area (Å²) in [7, 11) is -3.35. The lowest BCUT2D eigenvalue weighted by Crippen LogP contribution is -2.28. The van der Waals surface area contributed by atoms with Gasteiger partial charge in [0, 0.05) is 23.5 Å². The maximum Gasteiger partial charge on any atom is 0.188 e. The van der Waals surface area contributed by atoms with E-state index in [9.17, 15) is 12.6 Å². The van der Waals surface area contributed by atoms with Crippen LogP contribution in [-0.4, -0.2) is 38.6 Å². The summed E-state index contributed by atoms with van der Waals surface area (Å²) in [5.41, 5.74) is 2.89. The number of hydrogen-bond donors (Lipinski definition) is 1. The molecule has 1 N–H and O–H groups in total. The third-order valence-corrected chi connectivity index (χ3v) is 9.88. The van der Waals surface area contributed by atoms with Crippen LogP contribution in [0.25, 0.3) is 16.9 Å². The van der Waals surface area contributed by atoms with Crippen molar-refractivity contribution in [1.29, 1.82) is 0 Å². The van der Waals surface area contributed by atoms with E-state index in [0.717, 1.165) is 29.8 Å². The molecule has 0 spiro atoms. The number of anilines is 1. The van der Waals surface area contributed by atoms with E-state index in [4.69, 9.17) is 4.74 Å². The van der Waals surface area contributed by atoms with E-state index in [1.807, 2.05) is 31.2 Å². The van der Waals surface area contributed by atoms with E-state index in [1.165, 1.54) is 7.11 Å². The summed E-state index contributed by atoms with van der Waals surface area (Å²) in [5.74, 6) is 0.267. The monoisotopic (exact) mass is 461 g/mol. The normalized spacial score (nSPS) is 16.8. The highest BCUT2D eigenvalue weighted by molar-refractivity contribution is 7.92. The number of nitrogens with one attached hydrogen (secondary N) is 1. The number of rotatable bonds is 6. The molecule has 0 saturated heterocycles. The number of pyridine rings is 1. The fraction of sp³-hybridized carbons (Fsp3) is 0.409. The molecule has 0 amide bonds. The smallest absolute Gasteiger partial charge is 0.188 e. The molecule has 2 heterocycles. The Hall–Kier alpha value is -2.39. The summed E-state index contributed by atoms with van der Waals surface area (Å²) < 4.78 is 47.9. The van der Waals surface area contributed by atoms with Crippen molar-refractivity contribution in [3.8, 4) is 17.0 Å². The number of ether oxygens (including phenoxy) is 1. The van der Waals surface area contributed by atoms with E-state index >= 15 is 0 Å². The van der Waals surface area contributed by atoms with Crippen molar-refractivity contribution in [2.24, 2.45) is 0 Å². The average Bonchev–Trinajstić information content (AvgIpc) is 3.33. The summed E-state index contributed by atoms with van der Waals surface area (Å²) in [6.45, 7) is 7.00. The van der Waals surface area contributed by atoms with E-state index < -0.39 is 25.6 Å². The van der Waals surface area contributed by atoms with Crippen LogP contribution in [0, 0.1) is 0 Å². The van der Waals surface area contributed by atoms with Gasteiger partial charge in [-0.3, -0.25) is 4.40 Å². The van der Waals surface area contributed by atoms with Gasteiger partial charge in [-0.15, -0.1) is 0 Å². The Morgan fingerprint density at radius 3 is 2.55 bits per heavy atom. The lowest BCUT2D eigenvalue weighted by molar-refractivity contribution is 0.401. The number of nitrogens with zero attached hydrogens (tertiary/aromatic N) is 2. The minimum absolute atomic E-state index is 0.117. The van der Waals surface area contributed by atoms with Crippen LogP contribution in [0.3, 0.4) is 0 Å². The Kier molecular flexibility index (Phi) is 5.17. The van der Waals surface area contributed by atoms with Crippen molar-refractivity contribution >= 4 is 32.2 Å². The fourth-order valence-electron chi connectivity index (χ4n) is 3.23. The zero-order chi connectivity index (χ0) is 22.6. The molecule has 1 atom stereocenters. The largest absolute Gasteiger partial charge is 0.495 e. The van der Waals surface area contributed by atoms with Crippen molar-refractivity contribution in [1.82, 2.24) is 9.38 Å². The molecule has 31 heavy (non-hydrogen) atoms. The van der Waals surface area contributed by atoms with Crippen LogP contribution in [0.15, 0.2) is 47.6 Å². The van der Waals surface area contributed by atoms with E-state index in [1.54, 1.807) is 43.6 Å². The van der Waals surface area contributed by atoms with Crippen molar-refractivity contribution in [3.05, 3.63) is 42.7 Å². The molecule has 3 aromatic rings. The number of benzene rings is 1. The van der Waals surface area contributed by atoms with Crippen LogP contribution < -0.4 is 9.46 Å². The summed E-state index contributed by atoms with van der Waals surface area (Å²) in [6.07, 6.45) is 5.17. The third kappa shape index (κ3) is 3.85. The predicted octanol–water partition coefficient (Wildman–Crippen LogP) is 4.21. The number of aromatic nitrogens is 2. The van der Waals surface area contributed by atoms with Gasteiger partial charge >= 0.3 is 0 Å². The molecular weight excluding hydrogens is 434 g/mol. The third-order valence-electron chi connectivity index (χ3n) is 5.66. The zero-order valence-corrected chi connectivity index (χ0v) is 19.9. The molecule has 1 aliphatic rings. The molecule has 1 unspecified atom stereocenters. The number of fused-ring (bicyclic) bond motifs is 1. The molecule has 9 heteroatoms. The van der Waals surface area contributed by atoms with Crippen LogP contribution in [0.4, 0.5) is 5.69 Å². The number of sulfone groups is 1. The highest BCUT2D eigenvalue weighted by atomic mass is 32.2. The van der Waals surface area contributed by atoms with Gasteiger partial charge in [0.2, 0.25) is 0 Å². The zero-order valence-electron chi connectivity index (χ0n) is 18.3. The second-order valence-corrected chi connectivity index (χ2v) is 13.5. The van der Waals surface area contributed by atoms with Crippen LogP contribution in [0.2, 0.25) is 0 Å². The van der Waals surface area contributed by atoms with E-state index in [2.05, 4.69) is 9.71 Å². The van der Waals surface area contributed by atoms with Gasteiger partial charge in [0.05, 0.1) is 28.5 Å². The molecule has 0 aliphatic heterocycles. The van der Waals surface area contributed by atoms with Gasteiger partial charge in [-0.2, -0.15) is 0 Å². The van der Waals surface area contributed by atoms with Crippen LogP contribution in [0.1, 0.15) is 40.5 Å². The molecule has 7 nitrogen and oxygen atoms in total. The quantitative estimate of drug-likeness (QED) is 0.594. The van der Waals surface area contributed by atoms with Gasteiger partial charge in [0.1, 0.15) is 27.3 Å². The number of imidazole rings is 1. The highest BCUT2D eigenvalue weighted by Crippen LogP contribution is 2.41. The minimum atomic E-state index is -3.65. The van der Waals surface area contributed by atoms with Gasteiger partial charge < -0.3 is 9.46 Å². The van der Waals surface area contributed by atoms with Gasteiger partial charge in [-0.25, -0.2) is 17.6 Å². The lowest BCUT2D eigenvalue weighted by atomic mass is 10.1. The standard InChI is InChI=1S/C22H27N3O4S2/c1-21(2,3)31(27,28)19-14-25-17(13-23-20(25)12-18(19)29-5)15-7-6-8-16(11-15)24-30(26)22(4)9-10-22/h6-8,11-14,24H,9-10H2,1-5H3. The molecule has 1 saturated carbocycles. The first-order valence-corrected chi connectivity index (χ1v) is 12.7. The molecule has 166 valence electrons. The average molecular weight is 462 g/mol. The summed E-state index contributed by atoms with van der Waals surface area (Å²) in [6, 6.07) is 9.19. The maximum atomic E-state index is 13.2. The molecule has 1 aliphatic carbocycles. The first-order valence-electron chi connectivity index (χ1n) is 10.0. The minimum Gasteiger partial charge on any atom is -0.495 e. The second kappa shape index (κ2) is 7.34. The van der Waals surface area contributed by atoms with Crippen molar-refractivity contribution < 1.29 is 17.4 Å². The van der Waals surface area contributed by atoms with E-state index in [-0.39, 0.29) is 15.4 Å². The van der Waals surface area contributed by atoms with Crippen LogP contribution in [-0.2, 0) is 20.8 Å². The molecule has 0 radical (unpaired) electrons. The van der Waals surface area contributed by atoms with Crippen LogP contribution >= 0.6 is 0 Å². The first-order chi connectivity index (χ1) is 14.5. The molecule has 4 rings (SSSR count). The molecular formula is C22H27N3O4S2. The Labute approximate surface area is 185 Å². The van der Waals surface area contributed by atoms with Crippen molar-refractivity contribution in [2.45, 2.75) is 54.9 Å². The Morgan fingerprint density at radius 2 is 1.94 bits per heavy atom. The summed E-state index contributed by atoms with van der Waals surface area (Å²) in [5, 5.41) is 0. The Bertz CT molecular complexity index is 1290. The van der Waals surface area contributed by atoms with Gasteiger partial charge in [0.25, 0.3) is 0 Å². The lowest BCUT2D eigenvalue weighted by Gasteiger charge is -2.21. The van der Waals surface area contributed by atoms with Gasteiger partial charge in [-0.05, 0) is 52.7 Å². The summed E-state index contributed by atoms with van der Waals surface area (Å²) >= 11 is 0. The molecule has 1 aromatic carbocycles. The number of hydrogen-bond acceptors (Lipinski definition) is 5. The highest BCUT2D eigenvalue weighted by Gasteiger charge is 2.44. The van der Waals surface area contributed by atoms with Gasteiger partial charge in [0.15, 0.2) is 9.84 Å². The Balaban J connectivity index is 1.80. The fourth-order valence-corrected chi connectivity index (χ4v) is 5.60. The summed E-state index contributed by atoms with van der Waals surface area (Å²) in [4.78, 5) is 4.55. The Morgan fingerprint density at radius 1 is 1.23 bits per heavy atom. The van der Waals surface area contributed by atoms with E-state index in [0.29, 0.717) is 5.65 Å². The molecule has 0 bridgehead atoms. The van der Waals surface area contributed by atoms with Crippen molar-refractivity contribution in [3.63, 3.8) is 0 Å². The first kappa shape index (κ1) is 21.8. The van der Waals surface area contributed by atoms with Crippen molar-refractivity contribution in [2.75, 3.05) is 11.8 Å². The molecule has 1 fully saturated rings. The second-order valence-electron chi connectivity index (χ2n) is 9.10. The number of methoxy groups -OCH3 is 1. The SMILES string of the molecule is COc1cc2ncc(-c3cccc(NS(=O)C4(C)CC4)c3)n2cc1S(=O)(=O)C(C)(C)C. The molecule has 2 aromatic heterocycles. The predicted molar refractivity (Wildman–Crippen MR) is 124 cm³/mol. The van der Waals surface area contributed by atoms with Gasteiger partial charge in [-0.1, -0.05) is 12.1 Å². The van der Waals surface area contributed by atoms with Crippen LogP contribution in [0.5, 0.6) is 5.75 Å². The maximum absolute atomic E-state index is 13.2.